The second kappa shape index (κ2) is 5.88. The molecule has 7 heteroatoms. The van der Waals surface area contributed by atoms with E-state index in [0.717, 1.165) is 0 Å². The second-order valence-electron chi connectivity index (χ2n) is 4.97. The lowest BCUT2D eigenvalue weighted by Gasteiger charge is -2.25. The molecule has 5 nitrogen and oxygen atoms in total. The van der Waals surface area contributed by atoms with Crippen molar-refractivity contribution >= 4 is 15.9 Å². The van der Waals surface area contributed by atoms with Gasteiger partial charge in [0, 0.05) is 19.5 Å². The van der Waals surface area contributed by atoms with Gasteiger partial charge in [0.1, 0.15) is 5.82 Å². The Hall–Kier alpha value is -1.47. The molecular weight excluding hydrogens is 281 g/mol. The van der Waals surface area contributed by atoms with E-state index in [9.17, 15) is 12.8 Å². The maximum absolute atomic E-state index is 13.3. The summed E-state index contributed by atoms with van der Waals surface area (Å²) in [6.07, 6.45) is 0.148. The summed E-state index contributed by atoms with van der Waals surface area (Å²) in [5.74, 6) is -0.537. The zero-order valence-electron chi connectivity index (χ0n) is 12.1. The van der Waals surface area contributed by atoms with Crippen LogP contribution >= 0.6 is 0 Å². The smallest absolute Gasteiger partial charge is 0.243 e. The Morgan fingerprint density at radius 2 is 1.85 bits per heavy atom. The van der Waals surface area contributed by atoms with E-state index in [1.54, 1.807) is 20.8 Å². The van der Waals surface area contributed by atoms with Crippen LogP contribution in [0.1, 0.15) is 24.5 Å². The molecular formula is C13H20FN3O2S. The summed E-state index contributed by atoms with van der Waals surface area (Å²) in [7, 11) is -2.31. The number of halogens is 1. The second-order valence-corrected chi connectivity index (χ2v) is 6.90. The Balaban J connectivity index is 3.27. The molecule has 0 amide bonds. The van der Waals surface area contributed by atoms with Crippen molar-refractivity contribution in [1.29, 1.82) is 5.41 Å². The summed E-state index contributed by atoms with van der Waals surface area (Å²) >= 11 is 0. The number of sulfonamides is 1. The molecule has 0 saturated heterocycles. The van der Waals surface area contributed by atoms with E-state index in [4.69, 9.17) is 11.1 Å². The van der Waals surface area contributed by atoms with E-state index >= 15 is 0 Å². The van der Waals surface area contributed by atoms with Gasteiger partial charge in [-0.25, -0.2) is 12.8 Å². The highest BCUT2D eigenvalue weighted by atomic mass is 32.2. The van der Waals surface area contributed by atoms with Crippen LogP contribution < -0.4 is 5.73 Å². The first kappa shape index (κ1) is 16.6. The molecule has 0 aliphatic carbocycles. The molecule has 20 heavy (non-hydrogen) atoms. The minimum absolute atomic E-state index is 0.0768. The van der Waals surface area contributed by atoms with E-state index < -0.39 is 21.9 Å². The minimum Gasteiger partial charge on any atom is -0.388 e. The van der Waals surface area contributed by atoms with Gasteiger partial charge in [0.2, 0.25) is 10.0 Å². The van der Waals surface area contributed by atoms with Gasteiger partial charge in [0.25, 0.3) is 0 Å². The highest BCUT2D eigenvalue weighted by Crippen LogP contribution is 2.25. The fraction of sp³-hybridized carbons (Fsp3) is 0.462. The minimum atomic E-state index is -3.75. The molecule has 0 heterocycles. The van der Waals surface area contributed by atoms with Crippen LogP contribution in [0.4, 0.5) is 4.39 Å². The summed E-state index contributed by atoms with van der Waals surface area (Å²) in [6.45, 7) is 4.80. The van der Waals surface area contributed by atoms with Gasteiger partial charge in [0.15, 0.2) is 0 Å². The molecule has 1 rings (SSSR count). The van der Waals surface area contributed by atoms with Crippen molar-refractivity contribution in [2.45, 2.75) is 38.1 Å². The molecule has 0 fully saturated rings. The van der Waals surface area contributed by atoms with E-state index in [1.807, 2.05) is 0 Å². The molecule has 1 aromatic carbocycles. The molecule has 0 spiro atoms. The SMILES string of the molecule is Cc1cc(F)cc(C)c1S(=O)(=O)N(C)C(C)CC(=N)N. The third-order valence-electron chi connectivity index (χ3n) is 3.20. The predicted molar refractivity (Wildman–Crippen MR) is 76.8 cm³/mol. The molecule has 1 atom stereocenters. The molecule has 3 N–H and O–H groups in total. The first-order valence-corrected chi connectivity index (χ1v) is 7.59. The van der Waals surface area contributed by atoms with Gasteiger partial charge >= 0.3 is 0 Å². The average Bonchev–Trinajstić information content (AvgIpc) is 2.24. The molecule has 0 saturated carbocycles. The van der Waals surface area contributed by atoms with Gasteiger partial charge in [-0.15, -0.1) is 0 Å². The van der Waals surface area contributed by atoms with Crippen LogP contribution in [-0.2, 0) is 10.0 Å². The van der Waals surface area contributed by atoms with E-state index in [2.05, 4.69) is 0 Å². The Kier molecular flexibility index (Phi) is 4.88. The monoisotopic (exact) mass is 301 g/mol. The Morgan fingerprint density at radius 1 is 1.40 bits per heavy atom. The van der Waals surface area contributed by atoms with Crippen LogP contribution in [0.5, 0.6) is 0 Å². The van der Waals surface area contributed by atoms with Gasteiger partial charge in [-0.05, 0) is 44.0 Å². The highest BCUT2D eigenvalue weighted by molar-refractivity contribution is 7.89. The number of aryl methyl sites for hydroxylation is 2. The predicted octanol–water partition coefficient (Wildman–Crippen LogP) is 1.78. The molecule has 1 aromatic rings. The van der Waals surface area contributed by atoms with Crippen LogP contribution in [-0.4, -0.2) is 31.6 Å². The summed E-state index contributed by atoms with van der Waals surface area (Å²) in [5.41, 5.74) is 6.04. The molecule has 0 aliphatic heterocycles. The highest BCUT2D eigenvalue weighted by Gasteiger charge is 2.28. The number of hydrogen-bond acceptors (Lipinski definition) is 3. The number of nitrogens with two attached hydrogens (primary N) is 1. The first-order chi connectivity index (χ1) is 9.07. The number of nitrogens with one attached hydrogen (secondary N) is 1. The average molecular weight is 301 g/mol. The molecule has 0 radical (unpaired) electrons. The lowest BCUT2D eigenvalue weighted by atomic mass is 10.1. The van der Waals surface area contributed by atoms with Gasteiger partial charge in [0.05, 0.1) is 10.7 Å². The number of amidine groups is 1. The topological polar surface area (TPSA) is 87.2 Å². The van der Waals surface area contributed by atoms with Gasteiger partial charge in [-0.1, -0.05) is 0 Å². The van der Waals surface area contributed by atoms with E-state index in [1.165, 1.54) is 23.5 Å². The number of rotatable bonds is 5. The first-order valence-electron chi connectivity index (χ1n) is 6.15. The summed E-state index contributed by atoms with van der Waals surface area (Å²) in [6, 6.07) is 1.95. The van der Waals surface area contributed by atoms with Crippen molar-refractivity contribution in [1.82, 2.24) is 4.31 Å². The molecule has 112 valence electrons. The quantitative estimate of drug-likeness (QED) is 0.642. The van der Waals surface area contributed by atoms with E-state index in [0.29, 0.717) is 11.1 Å². The van der Waals surface area contributed by atoms with E-state index in [-0.39, 0.29) is 17.2 Å². The molecule has 0 bridgehead atoms. The summed E-state index contributed by atoms with van der Waals surface area (Å²) < 4.78 is 39.6. The van der Waals surface area contributed by atoms with Gasteiger partial charge in [-0.2, -0.15) is 4.31 Å². The zero-order valence-corrected chi connectivity index (χ0v) is 12.9. The van der Waals surface area contributed by atoms with Crippen LogP contribution in [0.25, 0.3) is 0 Å². The van der Waals surface area contributed by atoms with Crippen molar-refractivity contribution in [2.75, 3.05) is 7.05 Å². The van der Waals surface area contributed by atoms with Crippen LogP contribution in [0, 0.1) is 25.1 Å². The maximum Gasteiger partial charge on any atom is 0.243 e. The Labute approximate surface area is 119 Å². The number of hydrogen-bond donors (Lipinski definition) is 2. The van der Waals surface area contributed by atoms with Crippen LogP contribution in [0.3, 0.4) is 0 Å². The van der Waals surface area contributed by atoms with Crippen LogP contribution in [0.2, 0.25) is 0 Å². The standard InChI is InChI=1S/C13H20FN3O2S/c1-8-5-11(14)6-9(2)13(8)20(18,19)17(4)10(3)7-12(15)16/h5-6,10H,7H2,1-4H3,(H3,15,16). The van der Waals surface area contributed by atoms with Crippen molar-refractivity contribution in [3.63, 3.8) is 0 Å². The lowest BCUT2D eigenvalue weighted by Crippen LogP contribution is -2.38. The fourth-order valence-corrected chi connectivity index (χ4v) is 3.90. The van der Waals surface area contributed by atoms with Gasteiger partial charge in [-0.3, -0.25) is 5.41 Å². The maximum atomic E-state index is 13.3. The largest absolute Gasteiger partial charge is 0.388 e. The number of benzene rings is 1. The van der Waals surface area contributed by atoms with Crippen LogP contribution in [0.15, 0.2) is 17.0 Å². The molecule has 0 aromatic heterocycles. The fourth-order valence-electron chi connectivity index (χ4n) is 2.13. The third kappa shape index (κ3) is 3.34. The zero-order chi connectivity index (χ0) is 15.7. The Bertz CT molecular complexity index is 605. The van der Waals surface area contributed by atoms with Gasteiger partial charge < -0.3 is 5.73 Å². The van der Waals surface area contributed by atoms with Crippen molar-refractivity contribution in [3.05, 3.63) is 29.1 Å². The molecule has 0 aliphatic rings. The normalized spacial score (nSPS) is 13.5. The lowest BCUT2D eigenvalue weighted by molar-refractivity contribution is 0.395. The summed E-state index contributed by atoms with van der Waals surface area (Å²) in [4.78, 5) is 0.108. The summed E-state index contributed by atoms with van der Waals surface area (Å²) in [5, 5.41) is 7.25. The Morgan fingerprint density at radius 3 is 2.25 bits per heavy atom. The van der Waals surface area contributed by atoms with Crippen molar-refractivity contribution in [3.8, 4) is 0 Å². The number of nitrogens with zero attached hydrogens (tertiary/aromatic N) is 1. The molecule has 1 unspecified atom stereocenters. The van der Waals surface area contributed by atoms with Crippen molar-refractivity contribution in [2.24, 2.45) is 5.73 Å². The van der Waals surface area contributed by atoms with Crippen molar-refractivity contribution < 1.29 is 12.8 Å². The third-order valence-corrected chi connectivity index (χ3v) is 5.48.